The summed E-state index contributed by atoms with van der Waals surface area (Å²) in [5.41, 5.74) is 0. The summed E-state index contributed by atoms with van der Waals surface area (Å²) >= 11 is 0. The third-order valence-electron chi connectivity index (χ3n) is 17.8. The maximum absolute atomic E-state index is 13.4. The molecule has 0 aliphatic carbocycles. The standard InChI is InChI=1S/C82H133NO18/c1-3-5-7-9-11-13-15-17-19-21-23-25-26-27-28-29-30-31-32-33-34-35-36-37-38-40-42-44-46-48-50-52-54-56-58-60-70(88)83-65(66(87)59-57-55-53-51-49-47-45-43-41-39-24-22-20-18-16-14-12-10-8-6-4-2)64-96-80-76(94)73(91)78(68(62-85)98-80)101-82-77(95)74(92)79(69(63-86)99-82)100-81-75(93)72(90)71(89)67(61-84)97-81/h5,7,11,13,17,19,23,25,27-28,30-31,33-34,36-37,40-43,46,48-49,51,57,59,65-69,71-82,84-87,89-95H,3-4,6,8-10,12,14-16,18,20-22,24,26,29,32,35,38-39,44-45,47,50,52-56,58,60-64H2,1-2H3,(H,83,88)/b7-5-,13-11-,19-17-,25-23-,28-27-,31-30-,34-33-,37-36-,42-40-,43-41+,48-46-,51-49+,59-57+. The first-order chi connectivity index (χ1) is 49.3. The smallest absolute Gasteiger partial charge is 0.220 e. The topological polar surface area (TPSA) is 307 Å². The number of amides is 1. The first kappa shape index (κ1) is 90.6. The normalized spacial score (nSPS) is 27.2. The number of allylic oxidation sites excluding steroid dienone is 25. The van der Waals surface area contributed by atoms with E-state index >= 15 is 0 Å². The van der Waals surface area contributed by atoms with Crippen molar-refractivity contribution in [3.05, 3.63) is 158 Å². The maximum Gasteiger partial charge on any atom is 0.220 e. The summed E-state index contributed by atoms with van der Waals surface area (Å²) in [5, 5.41) is 121. The van der Waals surface area contributed by atoms with Gasteiger partial charge >= 0.3 is 0 Å². The van der Waals surface area contributed by atoms with Gasteiger partial charge in [0.25, 0.3) is 0 Å². The van der Waals surface area contributed by atoms with Gasteiger partial charge in [-0.3, -0.25) is 4.79 Å². The number of aliphatic hydroxyl groups excluding tert-OH is 11. The van der Waals surface area contributed by atoms with E-state index in [0.717, 1.165) is 116 Å². The molecule has 19 nitrogen and oxygen atoms in total. The molecule has 574 valence electrons. The van der Waals surface area contributed by atoms with Gasteiger partial charge in [0.15, 0.2) is 18.9 Å². The number of hydrogen-bond donors (Lipinski definition) is 12. The summed E-state index contributed by atoms with van der Waals surface area (Å²) in [6.45, 7) is 1.56. The van der Waals surface area contributed by atoms with E-state index in [-0.39, 0.29) is 12.3 Å². The summed E-state index contributed by atoms with van der Waals surface area (Å²) in [6.07, 6.45) is 62.1. The van der Waals surface area contributed by atoms with Gasteiger partial charge in [-0.15, -0.1) is 0 Å². The average Bonchev–Trinajstić information content (AvgIpc) is 0.782. The van der Waals surface area contributed by atoms with Crippen molar-refractivity contribution in [3.8, 4) is 0 Å². The van der Waals surface area contributed by atoms with Crippen LogP contribution in [-0.2, 0) is 33.2 Å². The lowest BCUT2D eigenvalue weighted by molar-refractivity contribution is -0.379. The van der Waals surface area contributed by atoms with Crippen molar-refractivity contribution in [3.63, 3.8) is 0 Å². The number of aliphatic hydroxyl groups is 11. The molecule has 0 saturated carbocycles. The average molecular weight is 1420 g/mol. The van der Waals surface area contributed by atoms with E-state index in [0.29, 0.717) is 12.8 Å². The Morgan fingerprint density at radius 2 is 0.693 bits per heavy atom. The molecular formula is C82H133NO18. The van der Waals surface area contributed by atoms with Crippen LogP contribution in [0.2, 0.25) is 0 Å². The highest BCUT2D eigenvalue weighted by molar-refractivity contribution is 5.76. The molecule has 3 fully saturated rings. The molecule has 3 rings (SSSR count). The molecule has 0 radical (unpaired) electrons. The van der Waals surface area contributed by atoms with Crippen LogP contribution in [0.25, 0.3) is 0 Å². The molecule has 0 spiro atoms. The second kappa shape index (κ2) is 60.7. The van der Waals surface area contributed by atoms with Crippen molar-refractivity contribution in [1.82, 2.24) is 5.32 Å². The molecule has 101 heavy (non-hydrogen) atoms. The van der Waals surface area contributed by atoms with Crippen molar-refractivity contribution >= 4 is 5.91 Å². The Morgan fingerprint density at radius 1 is 0.366 bits per heavy atom. The molecular weight excluding hydrogens is 1290 g/mol. The fraction of sp³-hybridized carbons (Fsp3) is 0.671. The van der Waals surface area contributed by atoms with Crippen molar-refractivity contribution in [2.24, 2.45) is 0 Å². The largest absolute Gasteiger partial charge is 0.394 e. The molecule has 17 atom stereocenters. The van der Waals surface area contributed by atoms with Crippen LogP contribution in [0.3, 0.4) is 0 Å². The maximum atomic E-state index is 13.4. The van der Waals surface area contributed by atoms with Crippen molar-refractivity contribution in [2.45, 2.75) is 324 Å². The van der Waals surface area contributed by atoms with Crippen LogP contribution in [-0.4, -0.2) is 193 Å². The predicted octanol–water partition coefficient (Wildman–Crippen LogP) is 12.1. The number of carbonyl (C=O) groups is 1. The van der Waals surface area contributed by atoms with Gasteiger partial charge in [0.2, 0.25) is 5.91 Å². The first-order valence-corrected chi connectivity index (χ1v) is 38.2. The van der Waals surface area contributed by atoms with Gasteiger partial charge in [0.05, 0.1) is 38.6 Å². The van der Waals surface area contributed by atoms with Crippen LogP contribution >= 0.6 is 0 Å². The molecule has 3 heterocycles. The van der Waals surface area contributed by atoms with Crippen molar-refractivity contribution < 1.29 is 89.4 Å². The van der Waals surface area contributed by atoms with Crippen LogP contribution in [0, 0.1) is 0 Å². The lowest BCUT2D eigenvalue weighted by atomic mass is 9.96. The third-order valence-corrected chi connectivity index (χ3v) is 17.8. The molecule has 0 aromatic heterocycles. The van der Waals surface area contributed by atoms with Gasteiger partial charge < -0.3 is 89.9 Å². The number of nitrogens with one attached hydrogen (secondary N) is 1. The Hall–Kier alpha value is -4.59. The Kier molecular flexibility index (Phi) is 54.4. The molecule has 0 aromatic rings. The monoisotopic (exact) mass is 1420 g/mol. The van der Waals surface area contributed by atoms with Crippen LogP contribution in [0.15, 0.2) is 158 Å². The zero-order valence-corrected chi connectivity index (χ0v) is 61.1. The quantitative estimate of drug-likeness (QED) is 0.0199. The van der Waals surface area contributed by atoms with Gasteiger partial charge in [0.1, 0.15) is 73.2 Å². The molecule has 0 bridgehead atoms. The zero-order chi connectivity index (χ0) is 73.2. The summed E-state index contributed by atoms with van der Waals surface area (Å²) in [6, 6.07) is -1.02. The molecule has 1 amide bonds. The van der Waals surface area contributed by atoms with E-state index in [1.54, 1.807) is 6.08 Å². The SMILES string of the molecule is CC/C=C\C/C=C\C/C=C\C/C=C\C/C=C\C/C=C\C/C=C\C/C=C\C/C=C\C/C=C\CCCCCCC(=O)NC(COC1OC(CO)C(OC2OC(CO)C(OC3OC(CO)C(O)C(O)C3O)C(O)C2O)C(O)C1O)C(O)/C=C/CC/C=C/CC/C=C/CCCCCCCCCCCCC. The Balaban J connectivity index is 1.42. The van der Waals surface area contributed by atoms with Crippen LogP contribution < -0.4 is 5.32 Å². The molecule has 17 unspecified atom stereocenters. The Morgan fingerprint density at radius 3 is 1.11 bits per heavy atom. The minimum Gasteiger partial charge on any atom is -0.394 e. The summed E-state index contributed by atoms with van der Waals surface area (Å²) in [4.78, 5) is 13.4. The first-order valence-electron chi connectivity index (χ1n) is 38.2. The third kappa shape index (κ3) is 41.0. The highest BCUT2D eigenvalue weighted by Gasteiger charge is 2.53. The summed E-state index contributed by atoms with van der Waals surface area (Å²) in [7, 11) is 0. The second-order valence-corrected chi connectivity index (χ2v) is 26.4. The fourth-order valence-corrected chi connectivity index (χ4v) is 11.7. The van der Waals surface area contributed by atoms with Gasteiger partial charge in [-0.25, -0.2) is 0 Å². The summed E-state index contributed by atoms with van der Waals surface area (Å²) < 4.78 is 34.3. The van der Waals surface area contributed by atoms with E-state index < -0.39 is 131 Å². The van der Waals surface area contributed by atoms with Crippen molar-refractivity contribution in [1.29, 1.82) is 0 Å². The van der Waals surface area contributed by atoms with Gasteiger partial charge in [-0.2, -0.15) is 0 Å². The number of ether oxygens (including phenoxy) is 6. The van der Waals surface area contributed by atoms with Gasteiger partial charge in [0, 0.05) is 6.42 Å². The molecule has 3 aliphatic heterocycles. The van der Waals surface area contributed by atoms with Gasteiger partial charge in [-0.05, 0) is 122 Å². The minimum absolute atomic E-state index is 0.191. The Bertz CT molecular complexity index is 2440. The van der Waals surface area contributed by atoms with Crippen LogP contribution in [0.1, 0.15) is 219 Å². The van der Waals surface area contributed by atoms with E-state index in [1.807, 2.05) is 6.08 Å². The number of rotatable bonds is 57. The number of hydrogen-bond acceptors (Lipinski definition) is 18. The highest BCUT2D eigenvalue weighted by atomic mass is 16.8. The lowest BCUT2D eigenvalue weighted by Crippen LogP contribution is -2.66. The lowest BCUT2D eigenvalue weighted by Gasteiger charge is -2.48. The zero-order valence-electron chi connectivity index (χ0n) is 61.1. The fourth-order valence-electron chi connectivity index (χ4n) is 11.7. The minimum atomic E-state index is -1.99. The van der Waals surface area contributed by atoms with E-state index in [1.165, 1.54) is 70.6 Å². The number of unbranched alkanes of at least 4 members (excludes halogenated alkanes) is 17. The summed E-state index contributed by atoms with van der Waals surface area (Å²) in [5.74, 6) is -0.321. The molecule has 0 aromatic carbocycles. The molecule has 3 aliphatic rings. The van der Waals surface area contributed by atoms with E-state index in [2.05, 4.69) is 165 Å². The molecule has 19 heteroatoms. The number of carbonyl (C=O) groups excluding carboxylic acids is 1. The predicted molar refractivity (Wildman–Crippen MR) is 401 cm³/mol. The molecule has 3 saturated heterocycles. The van der Waals surface area contributed by atoms with E-state index in [9.17, 15) is 61.0 Å². The highest BCUT2D eigenvalue weighted by Crippen LogP contribution is 2.33. The Labute approximate surface area is 605 Å². The van der Waals surface area contributed by atoms with E-state index in [4.69, 9.17) is 28.4 Å². The van der Waals surface area contributed by atoms with Crippen LogP contribution in [0.4, 0.5) is 0 Å². The molecule has 12 N–H and O–H groups in total. The van der Waals surface area contributed by atoms with Crippen LogP contribution in [0.5, 0.6) is 0 Å². The van der Waals surface area contributed by atoms with Gasteiger partial charge in [-0.1, -0.05) is 249 Å². The van der Waals surface area contributed by atoms with Crippen molar-refractivity contribution in [2.75, 3.05) is 26.4 Å². The second-order valence-electron chi connectivity index (χ2n) is 26.4.